The topological polar surface area (TPSA) is 36.9 Å². The van der Waals surface area contributed by atoms with Crippen LogP contribution in [0.5, 0.6) is 0 Å². The van der Waals surface area contributed by atoms with Crippen molar-refractivity contribution in [3.05, 3.63) is 53.1 Å². The van der Waals surface area contributed by atoms with Crippen LogP contribution in [0.3, 0.4) is 0 Å². The third kappa shape index (κ3) is 5.62. The maximum Gasteiger partial charge on any atom is 0.360 e. The average molecular weight is 383 g/mol. The molecule has 4 nitrogen and oxygen atoms in total. The first kappa shape index (κ1) is 21.2. The van der Waals surface area contributed by atoms with E-state index in [1.165, 1.54) is 5.19 Å². The molecule has 0 fully saturated rings. The van der Waals surface area contributed by atoms with Crippen LogP contribution in [-0.2, 0) is 17.7 Å². The minimum absolute atomic E-state index is 1.32. The molecule has 0 saturated carbocycles. The van der Waals surface area contributed by atoms with Crippen LogP contribution >= 0.6 is 0 Å². The van der Waals surface area contributed by atoms with Gasteiger partial charge in [-0.3, -0.25) is 0 Å². The van der Waals surface area contributed by atoms with Gasteiger partial charge in [0, 0.05) is 28.4 Å². The van der Waals surface area contributed by atoms with E-state index in [0.29, 0.717) is 0 Å². The highest BCUT2D eigenvalue weighted by atomic mass is 28.4. The van der Waals surface area contributed by atoms with Gasteiger partial charge >= 0.3 is 17.1 Å². The minimum atomic E-state index is -2.26. The van der Waals surface area contributed by atoms with Crippen molar-refractivity contribution in [3.8, 4) is 0 Å². The van der Waals surface area contributed by atoms with Crippen LogP contribution < -0.4 is 5.19 Å². The summed E-state index contributed by atoms with van der Waals surface area (Å²) in [7, 11) is 0.275. The summed E-state index contributed by atoms with van der Waals surface area (Å²) in [5.74, 6) is 0. The highest BCUT2D eigenvalue weighted by Crippen LogP contribution is 2.15. The highest BCUT2D eigenvalue weighted by molar-refractivity contribution is 7.00. The molecule has 1 aromatic carbocycles. The number of hydrogen-bond donors (Lipinski definition) is 0. The van der Waals surface area contributed by atoms with Gasteiger partial charge in [-0.25, -0.2) is 0 Å². The molecule has 1 aromatic rings. The van der Waals surface area contributed by atoms with E-state index in [1.54, 1.807) is 28.4 Å². The lowest BCUT2D eigenvalue weighted by molar-refractivity contribution is 0.263. The third-order valence-electron chi connectivity index (χ3n) is 4.48. The van der Waals surface area contributed by atoms with Crippen LogP contribution in [0.2, 0.25) is 19.6 Å². The Kier molecular flexibility index (Phi) is 8.00. The first-order chi connectivity index (χ1) is 11.3. The third-order valence-corrected chi connectivity index (χ3v) is 13.2. The predicted octanol–water partition coefficient (Wildman–Crippen LogP) is 2.97. The van der Waals surface area contributed by atoms with E-state index in [4.69, 9.17) is 17.7 Å². The van der Waals surface area contributed by atoms with E-state index in [2.05, 4.69) is 53.6 Å². The molecule has 0 aromatic heterocycles. The van der Waals surface area contributed by atoms with Crippen LogP contribution in [0.4, 0.5) is 0 Å². The molecule has 7 heteroatoms. The summed E-state index contributed by atoms with van der Waals surface area (Å²) < 4.78 is 22.4. The molecule has 0 radical (unpaired) electrons. The molecule has 0 atom stereocenters. The van der Waals surface area contributed by atoms with Crippen molar-refractivity contribution in [3.63, 3.8) is 0 Å². The Morgan fingerprint density at radius 2 is 1.00 bits per heavy atom. The van der Waals surface area contributed by atoms with E-state index < -0.39 is 25.2 Å². The zero-order valence-electron chi connectivity index (χ0n) is 15.8. The quantitative estimate of drug-likeness (QED) is 0.615. The maximum atomic E-state index is 5.59. The Balaban J connectivity index is 3.28. The van der Waals surface area contributed by atoms with Gasteiger partial charge < -0.3 is 17.7 Å². The summed E-state index contributed by atoms with van der Waals surface area (Å²) in [6.45, 7) is 6.38. The van der Waals surface area contributed by atoms with E-state index in [1.807, 2.05) is 19.2 Å². The van der Waals surface area contributed by atoms with Gasteiger partial charge in [0.15, 0.2) is 0 Å². The van der Waals surface area contributed by atoms with Crippen LogP contribution in [0.15, 0.2) is 53.1 Å². The van der Waals surface area contributed by atoms with Gasteiger partial charge in [0.05, 0.1) is 0 Å². The Hall–Kier alpha value is -0.809. The van der Waals surface area contributed by atoms with Crippen molar-refractivity contribution in [2.24, 2.45) is 0 Å². The minimum Gasteiger partial charge on any atom is -0.395 e. The molecule has 0 unspecified atom stereocenters. The molecule has 134 valence electrons. The molecule has 1 rings (SSSR count). The molecule has 0 saturated heterocycles. The maximum absolute atomic E-state index is 5.59. The number of rotatable bonds is 9. The van der Waals surface area contributed by atoms with Crippen molar-refractivity contribution in [2.45, 2.75) is 19.6 Å². The molecular weight excluding hydrogens is 352 g/mol. The second kappa shape index (κ2) is 9.05. The standard InChI is InChI=1S/C17H30O4Si3/c1-18-23(6,19-2)15-13-22(5,17-11-9-8-10-12-17)14-16-24(7,20-3)21-4/h8-16H,1-7H3. The summed E-state index contributed by atoms with van der Waals surface area (Å²) in [4.78, 5) is 0. The lowest BCUT2D eigenvalue weighted by Gasteiger charge is -2.25. The zero-order chi connectivity index (χ0) is 18.3. The lowest BCUT2D eigenvalue weighted by atomic mass is 10.4. The van der Waals surface area contributed by atoms with Crippen LogP contribution in [-0.4, -0.2) is 53.6 Å². The smallest absolute Gasteiger partial charge is 0.360 e. The van der Waals surface area contributed by atoms with Gasteiger partial charge in [0.25, 0.3) is 0 Å². The summed E-state index contributed by atoms with van der Waals surface area (Å²) in [6.07, 6.45) is 0. The lowest BCUT2D eigenvalue weighted by Crippen LogP contribution is -2.45. The second-order valence-corrected chi connectivity index (χ2v) is 16.3. The molecule has 0 aliphatic rings. The monoisotopic (exact) mass is 382 g/mol. The van der Waals surface area contributed by atoms with Gasteiger partial charge in [-0.05, 0) is 24.5 Å². The molecule has 0 amide bonds. The van der Waals surface area contributed by atoms with E-state index in [9.17, 15) is 0 Å². The van der Waals surface area contributed by atoms with E-state index >= 15 is 0 Å². The average Bonchev–Trinajstić information content (AvgIpc) is 2.65. The normalized spacial score (nSPS) is 16.0. The number of benzene rings is 1. The molecule has 0 heterocycles. The summed E-state index contributed by atoms with van der Waals surface area (Å²) in [6, 6.07) is 10.6. The van der Waals surface area contributed by atoms with Gasteiger partial charge in [-0.1, -0.05) is 53.5 Å². The van der Waals surface area contributed by atoms with E-state index in [-0.39, 0.29) is 0 Å². The van der Waals surface area contributed by atoms with Gasteiger partial charge in [-0.15, -0.1) is 0 Å². The van der Waals surface area contributed by atoms with Crippen LogP contribution in [0, 0.1) is 0 Å². The van der Waals surface area contributed by atoms with Gasteiger partial charge in [0.1, 0.15) is 8.07 Å². The van der Waals surface area contributed by atoms with Crippen molar-refractivity contribution < 1.29 is 17.7 Å². The molecule has 0 N–H and O–H groups in total. The summed E-state index contributed by atoms with van der Waals surface area (Å²) in [5.41, 5.74) is 8.85. The Morgan fingerprint density at radius 3 is 1.33 bits per heavy atom. The molecule has 0 bridgehead atoms. The fourth-order valence-corrected chi connectivity index (χ4v) is 9.61. The first-order valence-corrected chi connectivity index (χ1v) is 15.4. The van der Waals surface area contributed by atoms with E-state index in [0.717, 1.165) is 0 Å². The Morgan fingerprint density at radius 1 is 0.625 bits per heavy atom. The Bertz CT molecular complexity index is 524. The van der Waals surface area contributed by atoms with Crippen LogP contribution in [0.1, 0.15) is 0 Å². The molecule has 0 aliphatic heterocycles. The largest absolute Gasteiger partial charge is 0.395 e. The molecule has 0 spiro atoms. The Labute approximate surface area is 149 Å². The molecule has 0 aliphatic carbocycles. The van der Waals surface area contributed by atoms with Crippen molar-refractivity contribution >= 4 is 30.4 Å². The summed E-state index contributed by atoms with van der Waals surface area (Å²) in [5, 5.41) is 1.32. The predicted molar refractivity (Wildman–Crippen MR) is 107 cm³/mol. The fourth-order valence-electron chi connectivity index (χ4n) is 2.13. The molecular formula is C17H30O4Si3. The fraction of sp³-hybridized carbons (Fsp3) is 0.412. The van der Waals surface area contributed by atoms with Crippen molar-refractivity contribution in [2.75, 3.05) is 28.4 Å². The van der Waals surface area contributed by atoms with Gasteiger partial charge in [-0.2, -0.15) is 0 Å². The first-order valence-electron chi connectivity index (χ1n) is 7.93. The highest BCUT2D eigenvalue weighted by Gasteiger charge is 2.32. The van der Waals surface area contributed by atoms with Crippen LogP contribution in [0.25, 0.3) is 0 Å². The SMILES string of the molecule is CO[Si](C)(C=C[Si](C)(C=C[Si](C)(OC)OC)c1ccccc1)OC. The molecule has 24 heavy (non-hydrogen) atoms. The zero-order valence-corrected chi connectivity index (χ0v) is 18.8. The number of hydrogen-bond acceptors (Lipinski definition) is 4. The summed E-state index contributed by atoms with van der Waals surface area (Å²) >= 11 is 0. The van der Waals surface area contributed by atoms with Crippen molar-refractivity contribution in [1.82, 2.24) is 0 Å². The second-order valence-electron chi connectivity index (χ2n) is 6.16. The van der Waals surface area contributed by atoms with Crippen molar-refractivity contribution in [1.29, 1.82) is 0 Å². The van der Waals surface area contributed by atoms with Gasteiger partial charge in [0.2, 0.25) is 0 Å².